The highest BCUT2D eigenvalue weighted by atomic mass is 35.5. The number of aromatic nitrogens is 2. The third-order valence-corrected chi connectivity index (χ3v) is 6.40. The summed E-state index contributed by atoms with van der Waals surface area (Å²) in [5.74, 6) is 0.0000176. The maximum atomic E-state index is 11.5. The summed E-state index contributed by atoms with van der Waals surface area (Å²) in [4.78, 5) is 31.0. The third kappa shape index (κ3) is 5.87. The van der Waals surface area contributed by atoms with Crippen molar-refractivity contribution in [1.82, 2.24) is 9.97 Å². The van der Waals surface area contributed by atoms with Crippen LogP contribution in [-0.2, 0) is 9.47 Å². The van der Waals surface area contributed by atoms with Crippen molar-refractivity contribution < 1.29 is 19.1 Å². The number of hydrogen-bond donors (Lipinski definition) is 0. The first-order valence-electron chi connectivity index (χ1n) is 10.6. The van der Waals surface area contributed by atoms with Crippen LogP contribution in [0.15, 0.2) is 36.7 Å². The lowest BCUT2D eigenvalue weighted by Gasteiger charge is -2.10. The maximum absolute atomic E-state index is 11.5. The summed E-state index contributed by atoms with van der Waals surface area (Å²) in [6.45, 7) is 0. The Morgan fingerprint density at radius 2 is 1.41 bits per heavy atom. The van der Waals surface area contributed by atoms with Crippen LogP contribution in [0.3, 0.4) is 0 Å². The highest BCUT2D eigenvalue weighted by molar-refractivity contribution is 6.32. The van der Waals surface area contributed by atoms with Gasteiger partial charge in [0.15, 0.2) is 0 Å². The van der Waals surface area contributed by atoms with Crippen LogP contribution < -0.4 is 0 Å². The molecule has 1 fully saturated rings. The molecule has 2 aromatic rings. The van der Waals surface area contributed by atoms with Crippen LogP contribution in [0.4, 0.5) is 0 Å². The molecule has 8 heteroatoms. The minimum Gasteiger partial charge on any atom is -0.465 e. The van der Waals surface area contributed by atoms with E-state index in [2.05, 4.69) is 31.6 Å². The van der Waals surface area contributed by atoms with Gasteiger partial charge in [-0.25, -0.2) is 19.6 Å². The lowest BCUT2D eigenvalue weighted by atomic mass is 9.98. The van der Waals surface area contributed by atoms with Gasteiger partial charge in [-0.1, -0.05) is 48.2 Å². The molecule has 0 aromatic carbocycles. The number of methoxy groups -OCH3 is 2. The largest absolute Gasteiger partial charge is 0.465 e. The molecular formula is C24H26Cl2N2O4. The summed E-state index contributed by atoms with van der Waals surface area (Å²) in [7, 11) is 2.68. The number of carbonyl (C=O) groups is 2. The lowest BCUT2D eigenvalue weighted by molar-refractivity contribution is 0.0591. The van der Waals surface area contributed by atoms with Gasteiger partial charge in [0.2, 0.25) is 0 Å². The molecule has 170 valence electrons. The minimum absolute atomic E-state index is 0.192. The van der Waals surface area contributed by atoms with Crippen molar-refractivity contribution >= 4 is 35.1 Å². The van der Waals surface area contributed by atoms with Crippen molar-refractivity contribution in [2.75, 3.05) is 14.2 Å². The number of halogens is 2. The minimum atomic E-state index is -0.443. The summed E-state index contributed by atoms with van der Waals surface area (Å²) < 4.78 is 9.32. The molecule has 0 spiro atoms. The van der Waals surface area contributed by atoms with Gasteiger partial charge in [-0.2, -0.15) is 0 Å². The standard InChI is InChI=1S/C12H14ClNO2.C12H12ClNO2/c2*1-16-12(15)10-6-9(7-14-11(10)13)8-4-2-3-5-8/h6-8H,2-5H2,1H3;2,4,6-8H,3,5H2,1H3. The number of ether oxygens (including phenoxy) is 2. The molecule has 2 heterocycles. The van der Waals surface area contributed by atoms with E-state index in [0.717, 1.165) is 24.0 Å². The van der Waals surface area contributed by atoms with Crippen molar-refractivity contribution in [1.29, 1.82) is 0 Å². The first-order chi connectivity index (χ1) is 15.4. The van der Waals surface area contributed by atoms with Crippen LogP contribution in [0.25, 0.3) is 0 Å². The van der Waals surface area contributed by atoms with E-state index in [1.807, 2.05) is 6.07 Å². The normalized spacial score (nSPS) is 17.6. The van der Waals surface area contributed by atoms with E-state index in [0.29, 0.717) is 23.0 Å². The number of allylic oxidation sites excluding steroid dienone is 2. The maximum Gasteiger partial charge on any atom is 0.341 e. The van der Waals surface area contributed by atoms with Crippen LogP contribution in [0.2, 0.25) is 10.3 Å². The zero-order valence-electron chi connectivity index (χ0n) is 18.1. The van der Waals surface area contributed by atoms with Gasteiger partial charge in [0.1, 0.15) is 10.3 Å². The number of pyridine rings is 2. The molecule has 1 atom stereocenters. The third-order valence-electron chi connectivity index (χ3n) is 5.80. The van der Waals surface area contributed by atoms with Gasteiger partial charge < -0.3 is 9.47 Å². The van der Waals surface area contributed by atoms with Gasteiger partial charge in [-0.05, 0) is 54.9 Å². The Morgan fingerprint density at radius 1 is 0.875 bits per heavy atom. The average molecular weight is 477 g/mol. The lowest BCUT2D eigenvalue weighted by Crippen LogP contribution is -2.05. The van der Waals surface area contributed by atoms with Gasteiger partial charge in [0, 0.05) is 18.3 Å². The van der Waals surface area contributed by atoms with Crippen LogP contribution in [-0.4, -0.2) is 36.1 Å². The summed E-state index contributed by atoms with van der Waals surface area (Å²) in [5, 5.41) is 0.408. The fourth-order valence-corrected chi connectivity index (χ4v) is 4.39. The van der Waals surface area contributed by atoms with Crippen molar-refractivity contribution in [3.05, 3.63) is 69.2 Å². The van der Waals surface area contributed by atoms with E-state index < -0.39 is 11.9 Å². The molecule has 0 N–H and O–H groups in total. The van der Waals surface area contributed by atoms with Crippen LogP contribution in [0, 0.1) is 0 Å². The van der Waals surface area contributed by atoms with Gasteiger partial charge in [-0.15, -0.1) is 0 Å². The molecular weight excluding hydrogens is 451 g/mol. The summed E-state index contributed by atoms with van der Waals surface area (Å²) in [6, 6.07) is 3.58. The molecule has 1 saturated carbocycles. The number of nitrogens with zero attached hydrogens (tertiary/aromatic N) is 2. The second kappa shape index (κ2) is 11.4. The van der Waals surface area contributed by atoms with E-state index in [1.54, 1.807) is 18.5 Å². The Morgan fingerprint density at radius 3 is 1.91 bits per heavy atom. The second-order valence-electron chi connectivity index (χ2n) is 7.79. The first kappa shape index (κ1) is 24.2. The van der Waals surface area contributed by atoms with Crippen LogP contribution in [0.5, 0.6) is 0 Å². The summed E-state index contributed by atoms with van der Waals surface area (Å²) >= 11 is 11.7. The summed E-state index contributed by atoms with van der Waals surface area (Å²) in [6.07, 6.45) is 14.7. The van der Waals surface area contributed by atoms with Gasteiger partial charge in [0.25, 0.3) is 0 Å². The van der Waals surface area contributed by atoms with Crippen LogP contribution in [0.1, 0.15) is 82.2 Å². The Hall–Kier alpha value is -2.44. The predicted octanol–water partition coefficient (Wildman–Crippen LogP) is 6.13. The molecule has 1 unspecified atom stereocenters. The smallest absolute Gasteiger partial charge is 0.341 e. The van der Waals surface area contributed by atoms with Crippen molar-refractivity contribution in [2.45, 2.75) is 50.4 Å². The quantitative estimate of drug-likeness (QED) is 0.299. The van der Waals surface area contributed by atoms with E-state index in [1.165, 1.54) is 39.9 Å². The van der Waals surface area contributed by atoms with E-state index in [4.69, 9.17) is 23.2 Å². The average Bonchev–Trinajstić information content (AvgIpc) is 3.54. The highest BCUT2D eigenvalue weighted by Gasteiger charge is 2.21. The number of rotatable bonds is 4. The zero-order valence-corrected chi connectivity index (χ0v) is 19.7. The first-order valence-corrected chi connectivity index (χ1v) is 11.3. The van der Waals surface area contributed by atoms with Crippen LogP contribution >= 0.6 is 23.2 Å². The highest BCUT2D eigenvalue weighted by Crippen LogP contribution is 2.35. The Balaban J connectivity index is 0.000000181. The fourth-order valence-electron chi connectivity index (χ4n) is 4.03. The number of esters is 2. The molecule has 2 aliphatic carbocycles. The number of hydrogen-bond acceptors (Lipinski definition) is 6. The van der Waals surface area contributed by atoms with Gasteiger partial charge in [0.05, 0.1) is 25.3 Å². The Kier molecular flexibility index (Phi) is 8.65. The van der Waals surface area contributed by atoms with E-state index >= 15 is 0 Å². The molecule has 0 radical (unpaired) electrons. The van der Waals surface area contributed by atoms with Gasteiger partial charge >= 0.3 is 11.9 Å². The molecule has 2 aliphatic rings. The van der Waals surface area contributed by atoms with Crippen molar-refractivity contribution in [3.63, 3.8) is 0 Å². The molecule has 6 nitrogen and oxygen atoms in total. The zero-order chi connectivity index (χ0) is 23.1. The van der Waals surface area contributed by atoms with E-state index in [-0.39, 0.29) is 10.3 Å². The Bertz CT molecular complexity index is 1000. The second-order valence-corrected chi connectivity index (χ2v) is 8.51. The molecule has 0 amide bonds. The fraction of sp³-hybridized carbons (Fsp3) is 0.417. The molecule has 0 aliphatic heterocycles. The predicted molar refractivity (Wildman–Crippen MR) is 123 cm³/mol. The topological polar surface area (TPSA) is 78.4 Å². The molecule has 0 saturated heterocycles. The van der Waals surface area contributed by atoms with Crippen molar-refractivity contribution in [3.8, 4) is 0 Å². The Labute approximate surface area is 197 Å². The molecule has 4 rings (SSSR count). The number of carbonyl (C=O) groups excluding carboxylic acids is 2. The molecule has 32 heavy (non-hydrogen) atoms. The summed E-state index contributed by atoms with van der Waals surface area (Å²) in [5.41, 5.74) is 2.82. The van der Waals surface area contributed by atoms with E-state index in [9.17, 15) is 9.59 Å². The molecule has 0 bridgehead atoms. The SMILES string of the molecule is COC(=O)c1cc(C2C=CCC2)cnc1Cl.COC(=O)c1cc(C2CCCC2)cnc1Cl. The molecule has 2 aromatic heterocycles. The van der Waals surface area contributed by atoms with Gasteiger partial charge in [-0.3, -0.25) is 0 Å². The monoisotopic (exact) mass is 476 g/mol. The van der Waals surface area contributed by atoms with Crippen molar-refractivity contribution in [2.24, 2.45) is 0 Å².